The van der Waals surface area contributed by atoms with E-state index in [1.54, 1.807) is 0 Å². The van der Waals surface area contributed by atoms with E-state index in [0.717, 1.165) is 17.0 Å². The van der Waals surface area contributed by atoms with Gasteiger partial charge in [0.15, 0.2) is 0 Å². The summed E-state index contributed by atoms with van der Waals surface area (Å²) in [6.45, 7) is 0. The van der Waals surface area contributed by atoms with Crippen molar-refractivity contribution in [2.24, 2.45) is 4.99 Å². The highest BCUT2D eigenvalue weighted by atomic mass is 14.7. The van der Waals surface area contributed by atoms with Crippen molar-refractivity contribution in [3.63, 3.8) is 0 Å². The lowest BCUT2D eigenvalue weighted by Crippen LogP contribution is -1.95. The molecule has 3 aromatic rings. The SMILES string of the molecule is C(=Cc1ccccc1)C(=Nc1ccccc1)c1ccccc1. The lowest BCUT2D eigenvalue weighted by Gasteiger charge is -2.02. The summed E-state index contributed by atoms with van der Waals surface area (Å²) in [6, 6.07) is 30.5. The number of allylic oxidation sites excluding steroid dienone is 1. The Morgan fingerprint density at radius 2 is 1.18 bits per heavy atom. The molecule has 1 nitrogen and oxygen atoms in total. The molecule has 0 N–H and O–H groups in total. The van der Waals surface area contributed by atoms with Crippen molar-refractivity contribution in [3.05, 3.63) is 108 Å². The van der Waals surface area contributed by atoms with Crippen molar-refractivity contribution >= 4 is 17.5 Å². The fraction of sp³-hybridized carbons (Fsp3) is 0. The first kappa shape index (κ1) is 14.0. The first-order valence-corrected chi connectivity index (χ1v) is 7.34. The number of benzene rings is 3. The summed E-state index contributed by atoms with van der Waals surface area (Å²) >= 11 is 0. The fourth-order valence-corrected chi connectivity index (χ4v) is 2.19. The molecule has 0 aliphatic carbocycles. The van der Waals surface area contributed by atoms with Crippen LogP contribution in [0.2, 0.25) is 0 Å². The largest absolute Gasteiger partial charge is 0.248 e. The zero-order chi connectivity index (χ0) is 15.0. The van der Waals surface area contributed by atoms with Crippen molar-refractivity contribution < 1.29 is 0 Å². The number of hydrogen-bond donors (Lipinski definition) is 0. The number of nitrogens with zero attached hydrogens (tertiary/aromatic N) is 1. The summed E-state index contributed by atoms with van der Waals surface area (Å²) in [4.78, 5) is 4.77. The van der Waals surface area contributed by atoms with Crippen LogP contribution in [-0.2, 0) is 0 Å². The summed E-state index contributed by atoms with van der Waals surface area (Å²) in [5.74, 6) is 0. The van der Waals surface area contributed by atoms with Gasteiger partial charge in [0, 0.05) is 5.56 Å². The van der Waals surface area contributed by atoms with Crippen LogP contribution in [0.3, 0.4) is 0 Å². The molecule has 0 atom stereocenters. The molecule has 0 amide bonds. The summed E-state index contributed by atoms with van der Waals surface area (Å²) in [7, 11) is 0. The molecule has 0 fully saturated rings. The predicted molar refractivity (Wildman–Crippen MR) is 94.6 cm³/mol. The van der Waals surface area contributed by atoms with Gasteiger partial charge in [0.25, 0.3) is 0 Å². The lowest BCUT2D eigenvalue weighted by atomic mass is 10.1. The van der Waals surface area contributed by atoms with E-state index in [1.165, 1.54) is 5.56 Å². The van der Waals surface area contributed by atoms with Gasteiger partial charge in [-0.25, -0.2) is 4.99 Å². The average Bonchev–Trinajstić information content (AvgIpc) is 2.61. The maximum Gasteiger partial charge on any atom is 0.0709 e. The van der Waals surface area contributed by atoms with Crippen molar-refractivity contribution in [1.82, 2.24) is 0 Å². The predicted octanol–water partition coefficient (Wildman–Crippen LogP) is 5.52. The second-order valence-corrected chi connectivity index (χ2v) is 4.94. The van der Waals surface area contributed by atoms with Gasteiger partial charge in [0.05, 0.1) is 11.4 Å². The molecule has 3 rings (SSSR count). The highest BCUT2D eigenvalue weighted by molar-refractivity contribution is 6.11. The smallest absolute Gasteiger partial charge is 0.0709 e. The lowest BCUT2D eigenvalue weighted by molar-refractivity contribution is 1.50. The van der Waals surface area contributed by atoms with Gasteiger partial charge < -0.3 is 0 Å². The molecule has 0 unspecified atom stereocenters. The zero-order valence-corrected chi connectivity index (χ0v) is 12.3. The highest BCUT2D eigenvalue weighted by Gasteiger charge is 1.99. The van der Waals surface area contributed by atoms with Crippen LogP contribution in [0.4, 0.5) is 5.69 Å². The Balaban J connectivity index is 1.97. The van der Waals surface area contributed by atoms with Crippen LogP contribution in [0.25, 0.3) is 6.08 Å². The standard InChI is InChI=1S/C21H17N/c1-4-10-18(11-5-1)16-17-21(19-12-6-2-7-13-19)22-20-14-8-3-9-15-20/h1-17H. The van der Waals surface area contributed by atoms with Crippen molar-refractivity contribution in [2.75, 3.05) is 0 Å². The van der Waals surface area contributed by atoms with Gasteiger partial charge in [-0.3, -0.25) is 0 Å². The Hall–Kier alpha value is -2.93. The van der Waals surface area contributed by atoms with Gasteiger partial charge in [-0.1, -0.05) is 84.9 Å². The van der Waals surface area contributed by atoms with E-state index in [2.05, 4.69) is 36.4 Å². The van der Waals surface area contributed by atoms with E-state index in [9.17, 15) is 0 Å². The second kappa shape index (κ2) is 7.19. The first-order chi connectivity index (χ1) is 10.9. The van der Waals surface area contributed by atoms with Crippen molar-refractivity contribution in [3.8, 4) is 0 Å². The maximum absolute atomic E-state index is 4.77. The normalized spacial score (nSPS) is 11.7. The first-order valence-electron chi connectivity index (χ1n) is 7.34. The van der Waals surface area contributed by atoms with Gasteiger partial charge >= 0.3 is 0 Å². The number of hydrogen-bond acceptors (Lipinski definition) is 1. The van der Waals surface area contributed by atoms with Gasteiger partial charge in [0.2, 0.25) is 0 Å². The third-order valence-electron chi connectivity index (χ3n) is 3.31. The van der Waals surface area contributed by atoms with Crippen molar-refractivity contribution in [2.45, 2.75) is 0 Å². The molecule has 0 saturated heterocycles. The van der Waals surface area contributed by atoms with Gasteiger partial charge in [-0.2, -0.15) is 0 Å². The molecule has 0 saturated carbocycles. The third kappa shape index (κ3) is 3.80. The van der Waals surface area contributed by atoms with Gasteiger partial charge in [0.1, 0.15) is 0 Å². The molecular weight excluding hydrogens is 266 g/mol. The molecule has 3 aromatic carbocycles. The van der Waals surface area contributed by atoms with E-state index in [0.29, 0.717) is 0 Å². The Bertz CT molecular complexity index is 757. The number of rotatable bonds is 4. The molecule has 0 radical (unpaired) electrons. The van der Waals surface area contributed by atoms with E-state index in [4.69, 9.17) is 4.99 Å². The molecule has 0 aromatic heterocycles. The highest BCUT2D eigenvalue weighted by Crippen LogP contribution is 2.15. The Morgan fingerprint density at radius 3 is 1.82 bits per heavy atom. The Kier molecular flexibility index (Phi) is 4.58. The molecule has 0 bridgehead atoms. The Labute approximate surface area is 131 Å². The fourth-order valence-electron chi connectivity index (χ4n) is 2.19. The molecule has 0 aliphatic rings. The van der Waals surface area contributed by atoms with Crippen LogP contribution in [0.1, 0.15) is 11.1 Å². The quantitative estimate of drug-likeness (QED) is 0.559. The second-order valence-electron chi connectivity index (χ2n) is 4.94. The molecule has 0 spiro atoms. The van der Waals surface area contributed by atoms with E-state index < -0.39 is 0 Å². The molecular formula is C21H17N. The molecule has 1 heteroatoms. The molecule has 0 aliphatic heterocycles. The van der Waals surface area contributed by atoms with E-state index in [1.807, 2.05) is 66.7 Å². The minimum Gasteiger partial charge on any atom is -0.248 e. The third-order valence-corrected chi connectivity index (χ3v) is 3.31. The summed E-state index contributed by atoms with van der Waals surface area (Å²) in [6.07, 6.45) is 4.16. The van der Waals surface area contributed by atoms with Crippen LogP contribution in [-0.4, -0.2) is 5.71 Å². The topological polar surface area (TPSA) is 12.4 Å². The molecule has 0 heterocycles. The van der Waals surface area contributed by atoms with Gasteiger partial charge in [-0.05, 0) is 23.8 Å². The van der Waals surface area contributed by atoms with Gasteiger partial charge in [-0.15, -0.1) is 0 Å². The van der Waals surface area contributed by atoms with Crippen molar-refractivity contribution in [1.29, 1.82) is 0 Å². The molecule has 22 heavy (non-hydrogen) atoms. The number of para-hydroxylation sites is 1. The van der Waals surface area contributed by atoms with E-state index >= 15 is 0 Å². The van der Waals surface area contributed by atoms with E-state index in [-0.39, 0.29) is 0 Å². The molecule has 106 valence electrons. The zero-order valence-electron chi connectivity index (χ0n) is 12.3. The number of aliphatic imine (C=N–C) groups is 1. The minimum atomic E-state index is 0.954. The summed E-state index contributed by atoms with van der Waals surface area (Å²) < 4.78 is 0. The van der Waals surface area contributed by atoms with Crippen LogP contribution in [0.5, 0.6) is 0 Å². The monoisotopic (exact) mass is 283 g/mol. The van der Waals surface area contributed by atoms with Crippen LogP contribution >= 0.6 is 0 Å². The average molecular weight is 283 g/mol. The van der Waals surface area contributed by atoms with Crippen LogP contribution < -0.4 is 0 Å². The maximum atomic E-state index is 4.77. The van der Waals surface area contributed by atoms with Crippen LogP contribution in [0.15, 0.2) is 102 Å². The minimum absolute atomic E-state index is 0.954. The summed E-state index contributed by atoms with van der Waals surface area (Å²) in [5, 5.41) is 0. The van der Waals surface area contributed by atoms with Crippen LogP contribution in [0, 0.1) is 0 Å². The summed E-state index contributed by atoms with van der Waals surface area (Å²) in [5.41, 5.74) is 4.19. The Morgan fingerprint density at radius 1 is 0.636 bits per heavy atom.